The fourth-order valence-corrected chi connectivity index (χ4v) is 3.82. The van der Waals surface area contributed by atoms with Crippen LogP contribution in [0.4, 0.5) is 0 Å². The molecule has 3 rings (SSSR count). The van der Waals surface area contributed by atoms with E-state index >= 15 is 0 Å². The van der Waals surface area contributed by atoms with Crippen LogP contribution in [-0.4, -0.2) is 38.7 Å². The van der Waals surface area contributed by atoms with Gasteiger partial charge in [0.15, 0.2) is 0 Å². The number of aromatic hydroxyl groups is 3. The van der Waals surface area contributed by atoms with Gasteiger partial charge in [-0.3, -0.25) is 21.6 Å². The number of nitrogens with two attached hydrogens (primary N) is 4. The number of phenolic OH excluding ortho intramolecular Hbond substituents is 3. The van der Waals surface area contributed by atoms with Gasteiger partial charge in [0, 0.05) is 22.6 Å². The molecule has 0 saturated carbocycles. The van der Waals surface area contributed by atoms with Crippen molar-refractivity contribution >= 4 is 23.3 Å². The summed E-state index contributed by atoms with van der Waals surface area (Å²) in [6.45, 7) is 0. The summed E-state index contributed by atoms with van der Waals surface area (Å²) in [6, 6.07) is 11.4. The molecule has 0 fully saturated rings. The molecule has 0 spiro atoms. The molecule has 0 unspecified atom stereocenters. The molecule has 3 aromatic rings. The molecular formula is C23H24N8O3. The summed E-state index contributed by atoms with van der Waals surface area (Å²) in [4.78, 5) is 0. The van der Waals surface area contributed by atoms with E-state index < -0.39 is 29.3 Å². The molecular weight excluding hydrogens is 436 g/mol. The molecule has 0 aliphatic carbocycles. The smallest absolute Gasteiger partial charge is 0.127 e. The van der Waals surface area contributed by atoms with Crippen LogP contribution in [-0.2, 0) is 0 Å². The highest BCUT2D eigenvalue weighted by Gasteiger charge is 2.29. The first-order valence-corrected chi connectivity index (χ1v) is 9.83. The maximum atomic E-state index is 10.7. The van der Waals surface area contributed by atoms with Gasteiger partial charge in [-0.1, -0.05) is 18.2 Å². The SMILES string of the molecule is N=C(N)c1cc(C(c2ccccc2O)c2cc(C(=N)N)c(O)cc2C(=N)N)c(C(=N)N)cc1O. The van der Waals surface area contributed by atoms with Crippen LogP contribution in [0.5, 0.6) is 17.2 Å². The Kier molecular flexibility index (Phi) is 6.12. The van der Waals surface area contributed by atoms with E-state index in [9.17, 15) is 15.3 Å². The number of para-hydroxylation sites is 1. The molecule has 11 nitrogen and oxygen atoms in total. The molecule has 0 bridgehead atoms. The largest absolute Gasteiger partial charge is 0.508 e. The van der Waals surface area contributed by atoms with Gasteiger partial charge in [0.05, 0.1) is 11.1 Å². The molecule has 34 heavy (non-hydrogen) atoms. The summed E-state index contributed by atoms with van der Waals surface area (Å²) < 4.78 is 0. The zero-order chi connectivity index (χ0) is 25.3. The quantitative estimate of drug-likeness (QED) is 0.139. The Morgan fingerprint density at radius 3 is 1.26 bits per heavy atom. The third-order valence-electron chi connectivity index (χ3n) is 5.37. The van der Waals surface area contributed by atoms with Gasteiger partial charge in [0.2, 0.25) is 0 Å². The first-order valence-electron chi connectivity index (χ1n) is 9.83. The lowest BCUT2D eigenvalue weighted by molar-refractivity contribution is 0.466. The van der Waals surface area contributed by atoms with Crippen LogP contribution in [0.15, 0.2) is 48.5 Å². The van der Waals surface area contributed by atoms with Gasteiger partial charge in [-0.05, 0) is 41.5 Å². The summed E-state index contributed by atoms with van der Waals surface area (Å²) in [5.41, 5.74) is 23.7. The molecule has 15 N–H and O–H groups in total. The molecule has 174 valence electrons. The number of rotatable bonds is 7. The average Bonchev–Trinajstić information content (AvgIpc) is 2.75. The van der Waals surface area contributed by atoms with Crippen LogP contribution in [0.3, 0.4) is 0 Å². The number of hydrogen-bond donors (Lipinski definition) is 11. The van der Waals surface area contributed by atoms with Crippen LogP contribution in [0.1, 0.15) is 44.9 Å². The molecule has 3 aromatic carbocycles. The standard InChI is InChI=1S/C23H24N8O3/c24-20(25)12-7-17(33)14(22(28)29)5-10(12)19(9-3-1-2-4-16(9)32)11-6-15(23(30)31)18(34)8-13(11)21(26)27/h1-8,19,32-34H,(H3,24,25)(H3,26,27)(H3,28,29)(H3,30,31). The lowest BCUT2D eigenvalue weighted by Gasteiger charge is -2.26. The Bertz CT molecular complexity index is 1290. The summed E-state index contributed by atoms with van der Waals surface area (Å²) in [7, 11) is 0. The molecule has 11 heteroatoms. The molecule has 0 heterocycles. The van der Waals surface area contributed by atoms with Crippen molar-refractivity contribution in [3.05, 3.63) is 87.5 Å². The van der Waals surface area contributed by atoms with E-state index in [4.69, 9.17) is 44.6 Å². The lowest BCUT2D eigenvalue weighted by atomic mass is 9.78. The fourth-order valence-electron chi connectivity index (χ4n) is 3.82. The second-order valence-electron chi connectivity index (χ2n) is 7.56. The summed E-state index contributed by atoms with van der Waals surface area (Å²) in [6.07, 6.45) is 0. The second-order valence-corrected chi connectivity index (χ2v) is 7.56. The van der Waals surface area contributed by atoms with Gasteiger partial charge in [0.1, 0.15) is 40.6 Å². The predicted octanol–water partition coefficient (Wildman–Crippen LogP) is 1.12. The Labute approximate surface area is 194 Å². The summed E-state index contributed by atoms with van der Waals surface area (Å²) in [5, 5.41) is 63.2. The minimum absolute atomic E-state index is 0.0460. The maximum absolute atomic E-state index is 10.7. The molecule has 0 amide bonds. The number of hydrogen-bond acceptors (Lipinski definition) is 7. The fraction of sp³-hybridized carbons (Fsp3) is 0.0435. The third kappa shape index (κ3) is 4.17. The van der Waals surface area contributed by atoms with Crippen LogP contribution in [0.2, 0.25) is 0 Å². The van der Waals surface area contributed by atoms with E-state index in [1.807, 2.05) is 0 Å². The molecule has 0 radical (unpaired) electrons. The van der Waals surface area contributed by atoms with Gasteiger partial charge < -0.3 is 38.3 Å². The molecule has 0 aliphatic heterocycles. The normalized spacial score (nSPS) is 11.5. The van der Waals surface area contributed by atoms with Gasteiger partial charge >= 0.3 is 0 Å². The van der Waals surface area contributed by atoms with E-state index in [0.717, 1.165) is 0 Å². The Hall–Kier alpha value is -5.06. The predicted molar refractivity (Wildman–Crippen MR) is 129 cm³/mol. The number of nitrogen functional groups attached to an aromatic ring is 4. The number of nitrogens with one attached hydrogen (secondary N) is 4. The molecule has 0 atom stereocenters. The number of benzene rings is 3. The highest BCUT2D eigenvalue weighted by molar-refractivity contribution is 6.04. The minimum atomic E-state index is -0.989. The van der Waals surface area contributed by atoms with E-state index in [2.05, 4.69) is 0 Å². The van der Waals surface area contributed by atoms with E-state index in [1.54, 1.807) is 18.2 Å². The summed E-state index contributed by atoms with van der Waals surface area (Å²) in [5.74, 6) is -3.63. The number of amidine groups is 4. The zero-order valence-electron chi connectivity index (χ0n) is 17.8. The van der Waals surface area contributed by atoms with E-state index in [-0.39, 0.29) is 50.6 Å². The first-order chi connectivity index (χ1) is 15.9. The Balaban J connectivity index is 2.55. The van der Waals surface area contributed by atoms with Crippen molar-refractivity contribution in [1.29, 1.82) is 21.6 Å². The minimum Gasteiger partial charge on any atom is -0.508 e. The van der Waals surface area contributed by atoms with Crippen molar-refractivity contribution in [1.82, 2.24) is 0 Å². The highest BCUT2D eigenvalue weighted by atomic mass is 16.3. The van der Waals surface area contributed by atoms with Crippen molar-refractivity contribution in [2.24, 2.45) is 22.9 Å². The molecule has 0 saturated heterocycles. The van der Waals surface area contributed by atoms with Gasteiger partial charge in [-0.2, -0.15) is 0 Å². The van der Waals surface area contributed by atoms with Crippen LogP contribution in [0.25, 0.3) is 0 Å². The van der Waals surface area contributed by atoms with E-state index in [0.29, 0.717) is 5.56 Å². The van der Waals surface area contributed by atoms with Crippen LogP contribution >= 0.6 is 0 Å². The lowest BCUT2D eigenvalue weighted by Crippen LogP contribution is -2.23. The summed E-state index contributed by atoms with van der Waals surface area (Å²) >= 11 is 0. The Morgan fingerprint density at radius 2 is 0.912 bits per heavy atom. The second kappa shape index (κ2) is 8.82. The van der Waals surface area contributed by atoms with Crippen molar-refractivity contribution in [2.75, 3.05) is 0 Å². The third-order valence-corrected chi connectivity index (χ3v) is 5.37. The van der Waals surface area contributed by atoms with Crippen molar-refractivity contribution in [2.45, 2.75) is 5.92 Å². The number of phenols is 3. The Morgan fingerprint density at radius 1 is 0.529 bits per heavy atom. The van der Waals surface area contributed by atoms with Crippen molar-refractivity contribution in [3.8, 4) is 17.2 Å². The first kappa shape index (κ1) is 23.6. The molecule has 0 aliphatic rings. The van der Waals surface area contributed by atoms with Crippen molar-refractivity contribution < 1.29 is 15.3 Å². The van der Waals surface area contributed by atoms with E-state index in [1.165, 1.54) is 30.3 Å². The average molecular weight is 460 g/mol. The highest BCUT2D eigenvalue weighted by Crippen LogP contribution is 2.42. The van der Waals surface area contributed by atoms with Crippen LogP contribution in [0, 0.1) is 21.6 Å². The van der Waals surface area contributed by atoms with Crippen LogP contribution < -0.4 is 22.9 Å². The topological polar surface area (TPSA) is 260 Å². The maximum Gasteiger partial charge on any atom is 0.127 e. The van der Waals surface area contributed by atoms with Gasteiger partial charge in [-0.15, -0.1) is 0 Å². The zero-order valence-corrected chi connectivity index (χ0v) is 17.8. The molecule has 0 aromatic heterocycles. The van der Waals surface area contributed by atoms with Gasteiger partial charge in [0.25, 0.3) is 0 Å². The van der Waals surface area contributed by atoms with Crippen molar-refractivity contribution in [3.63, 3.8) is 0 Å². The van der Waals surface area contributed by atoms with Gasteiger partial charge in [-0.25, -0.2) is 0 Å². The monoisotopic (exact) mass is 460 g/mol.